The molecule has 2 aromatic rings. The number of nitro groups is 1. The van der Waals surface area contributed by atoms with E-state index in [1.165, 1.54) is 18.3 Å². The molecule has 0 saturated carbocycles. The lowest BCUT2D eigenvalue weighted by Gasteiger charge is -2.17. The topological polar surface area (TPSA) is 106 Å². The highest BCUT2D eigenvalue weighted by atomic mass is 35.5. The van der Waals surface area contributed by atoms with Crippen LogP contribution in [0.2, 0.25) is 5.02 Å². The van der Waals surface area contributed by atoms with E-state index in [1.807, 2.05) is 6.92 Å². The molecular formula is C16H17ClN4O4. The summed E-state index contributed by atoms with van der Waals surface area (Å²) in [6, 6.07) is 9.34. The van der Waals surface area contributed by atoms with Gasteiger partial charge in [-0.3, -0.25) is 15.4 Å². The summed E-state index contributed by atoms with van der Waals surface area (Å²) in [5, 5.41) is 16.8. The van der Waals surface area contributed by atoms with Crippen LogP contribution in [0.1, 0.15) is 13.3 Å². The van der Waals surface area contributed by atoms with Crippen molar-refractivity contribution in [2.75, 3.05) is 17.2 Å². The number of halogens is 1. The zero-order valence-corrected chi connectivity index (χ0v) is 14.2. The smallest absolute Gasteiger partial charge is 0.411 e. The Labute approximate surface area is 149 Å². The normalized spacial score (nSPS) is 11.4. The zero-order chi connectivity index (χ0) is 18.2. The van der Waals surface area contributed by atoms with Gasteiger partial charge in [-0.2, -0.15) is 0 Å². The summed E-state index contributed by atoms with van der Waals surface area (Å²) in [5.41, 5.74) is 0.490. The molecule has 0 aliphatic rings. The number of pyridine rings is 1. The van der Waals surface area contributed by atoms with Gasteiger partial charge in [-0.25, -0.2) is 9.78 Å². The average molecular weight is 365 g/mol. The Balaban J connectivity index is 1.83. The van der Waals surface area contributed by atoms with Crippen LogP contribution in [-0.2, 0) is 4.74 Å². The molecule has 0 aliphatic carbocycles. The number of anilines is 2. The molecule has 1 amide bonds. The number of nitrogens with zero attached hydrogens (tertiary/aromatic N) is 2. The van der Waals surface area contributed by atoms with Crippen LogP contribution >= 0.6 is 11.6 Å². The third-order valence-electron chi connectivity index (χ3n) is 3.31. The van der Waals surface area contributed by atoms with Crippen molar-refractivity contribution in [3.63, 3.8) is 0 Å². The first-order valence-corrected chi connectivity index (χ1v) is 7.92. The zero-order valence-electron chi connectivity index (χ0n) is 13.4. The second-order valence-corrected chi connectivity index (χ2v) is 5.58. The first-order valence-electron chi connectivity index (χ1n) is 7.54. The number of rotatable bonds is 7. The Hall–Kier alpha value is -2.87. The molecular weight excluding hydrogens is 348 g/mol. The van der Waals surface area contributed by atoms with Crippen LogP contribution in [0, 0.1) is 10.1 Å². The lowest BCUT2D eigenvalue weighted by atomic mass is 10.2. The van der Waals surface area contributed by atoms with Gasteiger partial charge < -0.3 is 10.1 Å². The van der Waals surface area contributed by atoms with E-state index in [4.69, 9.17) is 16.3 Å². The molecule has 1 aromatic heterocycles. The number of carbonyl (C=O) groups is 1. The van der Waals surface area contributed by atoms with Crippen molar-refractivity contribution in [3.05, 3.63) is 57.7 Å². The molecule has 25 heavy (non-hydrogen) atoms. The molecule has 0 radical (unpaired) electrons. The Morgan fingerprint density at radius 3 is 2.60 bits per heavy atom. The number of amides is 1. The van der Waals surface area contributed by atoms with E-state index < -0.39 is 11.0 Å². The molecule has 0 aliphatic heterocycles. The molecule has 0 spiro atoms. The van der Waals surface area contributed by atoms with Crippen LogP contribution in [0.4, 0.5) is 22.0 Å². The summed E-state index contributed by atoms with van der Waals surface area (Å²) >= 11 is 5.78. The molecule has 0 saturated heterocycles. The fourth-order valence-corrected chi connectivity index (χ4v) is 2.04. The molecule has 8 nitrogen and oxygen atoms in total. The predicted octanol–water partition coefficient (Wildman–Crippen LogP) is 4.08. The number of hydrogen-bond donors (Lipinski definition) is 2. The maximum atomic E-state index is 11.8. The number of nitrogens with one attached hydrogen (secondary N) is 2. The van der Waals surface area contributed by atoms with Gasteiger partial charge in [-0.15, -0.1) is 0 Å². The average Bonchev–Trinajstić information content (AvgIpc) is 2.61. The van der Waals surface area contributed by atoms with Crippen molar-refractivity contribution in [3.8, 4) is 0 Å². The first-order chi connectivity index (χ1) is 12.0. The third-order valence-corrected chi connectivity index (χ3v) is 3.56. The lowest BCUT2D eigenvalue weighted by Crippen LogP contribution is -2.28. The molecule has 1 unspecified atom stereocenters. The maximum Gasteiger partial charge on any atom is 0.411 e. The summed E-state index contributed by atoms with van der Waals surface area (Å²) in [5.74, 6) is 0.471. The van der Waals surface area contributed by atoms with Crippen LogP contribution in [0.25, 0.3) is 0 Å². The number of benzene rings is 1. The van der Waals surface area contributed by atoms with Gasteiger partial charge in [0.15, 0.2) is 0 Å². The van der Waals surface area contributed by atoms with E-state index in [1.54, 1.807) is 24.3 Å². The highest BCUT2D eigenvalue weighted by molar-refractivity contribution is 6.30. The Morgan fingerprint density at radius 2 is 2.04 bits per heavy atom. The number of hydrogen-bond acceptors (Lipinski definition) is 6. The fraction of sp³-hybridized carbons (Fsp3) is 0.250. The van der Waals surface area contributed by atoms with Crippen molar-refractivity contribution in [1.82, 2.24) is 4.98 Å². The van der Waals surface area contributed by atoms with Crippen LogP contribution in [0.15, 0.2) is 42.6 Å². The van der Waals surface area contributed by atoms with Gasteiger partial charge in [0.05, 0.1) is 11.0 Å². The third kappa shape index (κ3) is 5.92. The Morgan fingerprint density at radius 1 is 1.32 bits per heavy atom. The van der Waals surface area contributed by atoms with Gasteiger partial charge in [0.25, 0.3) is 5.69 Å². The van der Waals surface area contributed by atoms with Gasteiger partial charge in [0.2, 0.25) is 0 Å². The second-order valence-electron chi connectivity index (χ2n) is 5.14. The molecule has 1 heterocycles. The number of ether oxygens (including phenoxy) is 1. The minimum Gasteiger partial charge on any atom is -0.447 e. The molecule has 1 aromatic carbocycles. The van der Waals surface area contributed by atoms with E-state index in [0.717, 1.165) is 0 Å². The van der Waals surface area contributed by atoms with Gasteiger partial charge >= 0.3 is 6.09 Å². The molecule has 2 N–H and O–H groups in total. The Bertz CT molecular complexity index is 722. The minimum atomic E-state index is -0.584. The largest absolute Gasteiger partial charge is 0.447 e. The van der Waals surface area contributed by atoms with Crippen molar-refractivity contribution in [1.29, 1.82) is 0 Å². The SMILES string of the molecule is CCC(COC(=O)Nc1ccc(Cl)cc1)Nc1ccc([N+](=O)[O-])cn1. The Kier molecular flexibility index (Phi) is 6.53. The summed E-state index contributed by atoms with van der Waals surface area (Å²) in [4.78, 5) is 25.9. The quantitative estimate of drug-likeness (QED) is 0.566. The predicted molar refractivity (Wildman–Crippen MR) is 95.0 cm³/mol. The fourth-order valence-electron chi connectivity index (χ4n) is 1.91. The van der Waals surface area contributed by atoms with E-state index >= 15 is 0 Å². The van der Waals surface area contributed by atoms with Gasteiger partial charge in [0.1, 0.15) is 18.6 Å². The summed E-state index contributed by atoms with van der Waals surface area (Å²) in [6.07, 6.45) is 1.26. The van der Waals surface area contributed by atoms with E-state index in [0.29, 0.717) is 22.9 Å². The van der Waals surface area contributed by atoms with Crippen molar-refractivity contribution >= 4 is 34.9 Å². The molecule has 132 valence electrons. The lowest BCUT2D eigenvalue weighted by molar-refractivity contribution is -0.385. The summed E-state index contributed by atoms with van der Waals surface area (Å²) < 4.78 is 5.18. The standard InChI is InChI=1S/C16H17ClN4O4/c1-2-12(19-15-8-7-14(9-18-15)21(23)24)10-25-16(22)20-13-5-3-11(17)4-6-13/h3-9,12H,2,10H2,1H3,(H,18,19)(H,20,22). The van der Waals surface area contributed by atoms with Crippen LogP contribution < -0.4 is 10.6 Å². The van der Waals surface area contributed by atoms with Crippen molar-refractivity contribution in [2.45, 2.75) is 19.4 Å². The minimum absolute atomic E-state index is 0.0859. The van der Waals surface area contributed by atoms with Gasteiger partial charge in [-0.05, 0) is 36.8 Å². The first kappa shape index (κ1) is 18.5. The summed E-state index contributed by atoms with van der Waals surface area (Å²) in [6.45, 7) is 2.04. The van der Waals surface area contributed by atoms with Gasteiger partial charge in [-0.1, -0.05) is 18.5 Å². The van der Waals surface area contributed by atoms with Gasteiger partial charge in [0, 0.05) is 16.8 Å². The number of carbonyl (C=O) groups excluding carboxylic acids is 1. The maximum absolute atomic E-state index is 11.8. The molecule has 2 rings (SSSR count). The second kappa shape index (κ2) is 8.84. The van der Waals surface area contributed by atoms with Crippen molar-refractivity contribution < 1.29 is 14.5 Å². The van der Waals surface area contributed by atoms with Crippen LogP contribution in [0.5, 0.6) is 0 Å². The monoisotopic (exact) mass is 364 g/mol. The van der Waals surface area contributed by atoms with E-state index in [-0.39, 0.29) is 18.3 Å². The molecule has 0 fully saturated rings. The molecule has 0 bridgehead atoms. The number of aromatic nitrogens is 1. The highest BCUT2D eigenvalue weighted by Gasteiger charge is 2.12. The summed E-state index contributed by atoms with van der Waals surface area (Å²) in [7, 11) is 0. The van der Waals surface area contributed by atoms with Crippen LogP contribution in [0.3, 0.4) is 0 Å². The highest BCUT2D eigenvalue weighted by Crippen LogP contribution is 2.15. The molecule has 1 atom stereocenters. The van der Waals surface area contributed by atoms with Crippen LogP contribution in [-0.4, -0.2) is 28.6 Å². The van der Waals surface area contributed by atoms with E-state index in [9.17, 15) is 14.9 Å². The van der Waals surface area contributed by atoms with Crippen molar-refractivity contribution in [2.24, 2.45) is 0 Å². The molecule has 9 heteroatoms. The van der Waals surface area contributed by atoms with E-state index in [2.05, 4.69) is 15.6 Å².